The van der Waals surface area contributed by atoms with Crippen LogP contribution in [0.25, 0.3) is 0 Å². The highest BCUT2D eigenvalue weighted by Gasteiger charge is 2.28. The molecule has 2 unspecified atom stereocenters. The van der Waals surface area contributed by atoms with Crippen LogP contribution in [0.3, 0.4) is 0 Å². The monoisotopic (exact) mass is 224 g/mol. The summed E-state index contributed by atoms with van der Waals surface area (Å²) in [7, 11) is 1.95. The lowest BCUT2D eigenvalue weighted by atomic mass is 10.1. The van der Waals surface area contributed by atoms with Gasteiger partial charge in [0.05, 0.1) is 6.10 Å². The third-order valence-electron chi connectivity index (χ3n) is 3.04. The number of aliphatic hydroxyl groups excluding tert-OH is 1. The number of likely N-dealkylation sites (N-methyl/N-ethyl adjacent to an activating group) is 1. The van der Waals surface area contributed by atoms with Crippen molar-refractivity contribution in [1.82, 2.24) is 10.2 Å². The Bertz CT molecular complexity index is 359. The number of nitrogens with one attached hydrogen (secondary N) is 1. The molecule has 0 spiro atoms. The number of benzene rings is 1. The Morgan fingerprint density at radius 3 is 2.94 bits per heavy atom. The average molecular weight is 224 g/mol. The van der Waals surface area contributed by atoms with Crippen molar-refractivity contribution in [2.45, 2.75) is 18.7 Å². The second-order valence-electron chi connectivity index (χ2n) is 4.34. The molecular formula is C12H17FN2O. The van der Waals surface area contributed by atoms with Gasteiger partial charge in [-0.3, -0.25) is 4.90 Å². The Kier molecular flexibility index (Phi) is 3.53. The third kappa shape index (κ3) is 2.58. The fraction of sp³-hybridized carbons (Fsp3) is 0.500. The second kappa shape index (κ2) is 4.91. The zero-order valence-electron chi connectivity index (χ0n) is 9.36. The molecule has 1 aromatic carbocycles. The maximum absolute atomic E-state index is 13.0. The second-order valence-corrected chi connectivity index (χ2v) is 4.34. The van der Waals surface area contributed by atoms with Gasteiger partial charge < -0.3 is 10.4 Å². The molecule has 4 heteroatoms. The predicted octanol–water partition coefficient (Wildman–Crippen LogP) is 0.590. The van der Waals surface area contributed by atoms with Crippen molar-refractivity contribution in [3.63, 3.8) is 0 Å². The largest absolute Gasteiger partial charge is 0.390 e. The summed E-state index contributed by atoms with van der Waals surface area (Å²) < 4.78 is 13.0. The zero-order valence-corrected chi connectivity index (χ0v) is 9.36. The first-order chi connectivity index (χ1) is 7.66. The van der Waals surface area contributed by atoms with E-state index in [4.69, 9.17) is 0 Å². The molecule has 2 N–H and O–H groups in total. The highest BCUT2D eigenvalue weighted by Crippen LogP contribution is 2.12. The Morgan fingerprint density at radius 2 is 2.31 bits per heavy atom. The first-order valence-corrected chi connectivity index (χ1v) is 5.50. The Labute approximate surface area is 94.9 Å². The van der Waals surface area contributed by atoms with E-state index in [9.17, 15) is 9.50 Å². The fourth-order valence-electron chi connectivity index (χ4n) is 2.14. The van der Waals surface area contributed by atoms with Gasteiger partial charge in [-0.25, -0.2) is 4.39 Å². The van der Waals surface area contributed by atoms with Gasteiger partial charge in [-0.1, -0.05) is 12.1 Å². The molecule has 1 aliphatic heterocycles. The smallest absolute Gasteiger partial charge is 0.123 e. The van der Waals surface area contributed by atoms with Gasteiger partial charge in [-0.15, -0.1) is 0 Å². The summed E-state index contributed by atoms with van der Waals surface area (Å²) >= 11 is 0. The quantitative estimate of drug-likeness (QED) is 0.789. The van der Waals surface area contributed by atoms with E-state index >= 15 is 0 Å². The molecule has 16 heavy (non-hydrogen) atoms. The van der Waals surface area contributed by atoms with E-state index in [0.717, 1.165) is 12.1 Å². The summed E-state index contributed by atoms with van der Waals surface area (Å²) in [5.41, 5.74) is 0.932. The molecule has 0 bridgehead atoms. The first kappa shape index (κ1) is 11.5. The minimum absolute atomic E-state index is 0.114. The molecule has 1 aliphatic rings. The molecule has 0 radical (unpaired) electrons. The van der Waals surface area contributed by atoms with Crippen LogP contribution < -0.4 is 5.32 Å². The summed E-state index contributed by atoms with van der Waals surface area (Å²) in [6, 6.07) is 6.69. The first-order valence-electron chi connectivity index (χ1n) is 5.50. The number of rotatable bonds is 3. The number of hydrogen-bond acceptors (Lipinski definition) is 3. The van der Waals surface area contributed by atoms with Gasteiger partial charge in [-0.2, -0.15) is 0 Å². The van der Waals surface area contributed by atoms with Crippen molar-refractivity contribution in [1.29, 1.82) is 0 Å². The Balaban J connectivity index is 1.99. The van der Waals surface area contributed by atoms with Crippen LogP contribution in [0.15, 0.2) is 24.3 Å². The standard InChI is InChI=1S/C12H17FN2O/c1-15(11-6-14-7-12(11)16)8-9-3-2-4-10(13)5-9/h2-5,11-12,14,16H,6-8H2,1H3. The summed E-state index contributed by atoms with van der Waals surface area (Å²) in [4.78, 5) is 2.06. The topological polar surface area (TPSA) is 35.5 Å². The van der Waals surface area contributed by atoms with Gasteiger partial charge in [0.25, 0.3) is 0 Å². The summed E-state index contributed by atoms with van der Waals surface area (Å²) in [6.07, 6.45) is -0.335. The van der Waals surface area contributed by atoms with E-state index in [-0.39, 0.29) is 18.0 Å². The summed E-state index contributed by atoms with van der Waals surface area (Å²) in [6.45, 7) is 2.08. The van der Waals surface area contributed by atoms with E-state index in [1.165, 1.54) is 12.1 Å². The van der Waals surface area contributed by atoms with Gasteiger partial charge >= 0.3 is 0 Å². The molecule has 1 saturated heterocycles. The van der Waals surface area contributed by atoms with Gasteiger partial charge in [-0.05, 0) is 24.7 Å². The average Bonchev–Trinajstić information content (AvgIpc) is 2.64. The summed E-state index contributed by atoms with van der Waals surface area (Å²) in [5.74, 6) is -0.212. The van der Waals surface area contributed by atoms with Crippen molar-refractivity contribution in [3.8, 4) is 0 Å². The molecule has 1 fully saturated rings. The van der Waals surface area contributed by atoms with E-state index in [1.807, 2.05) is 13.1 Å². The molecule has 0 aliphatic carbocycles. The predicted molar refractivity (Wildman–Crippen MR) is 60.5 cm³/mol. The van der Waals surface area contributed by atoms with Crippen molar-refractivity contribution in [2.75, 3.05) is 20.1 Å². The third-order valence-corrected chi connectivity index (χ3v) is 3.04. The number of halogens is 1. The van der Waals surface area contributed by atoms with Crippen LogP contribution in [-0.2, 0) is 6.54 Å². The van der Waals surface area contributed by atoms with Crippen LogP contribution in [0, 0.1) is 5.82 Å². The SMILES string of the molecule is CN(Cc1cccc(F)c1)C1CNCC1O. The molecular weight excluding hydrogens is 207 g/mol. The number of β-amino-alcohol motifs (C(OH)–C–C–N with tert-alkyl or cyclic N) is 1. The van der Waals surface area contributed by atoms with Gasteiger partial charge in [0, 0.05) is 25.7 Å². The molecule has 1 heterocycles. The van der Waals surface area contributed by atoms with Gasteiger partial charge in [0.2, 0.25) is 0 Å². The molecule has 3 nitrogen and oxygen atoms in total. The lowest BCUT2D eigenvalue weighted by Gasteiger charge is -2.26. The number of nitrogens with zero attached hydrogens (tertiary/aromatic N) is 1. The fourth-order valence-corrected chi connectivity index (χ4v) is 2.14. The maximum Gasteiger partial charge on any atom is 0.123 e. The van der Waals surface area contributed by atoms with Gasteiger partial charge in [0.1, 0.15) is 5.82 Å². The van der Waals surface area contributed by atoms with Crippen LogP contribution in [0.2, 0.25) is 0 Å². The van der Waals surface area contributed by atoms with Crippen LogP contribution in [0.1, 0.15) is 5.56 Å². The minimum atomic E-state index is -0.335. The lowest BCUT2D eigenvalue weighted by molar-refractivity contribution is 0.0955. The Morgan fingerprint density at radius 1 is 1.50 bits per heavy atom. The van der Waals surface area contributed by atoms with E-state index in [1.54, 1.807) is 6.07 Å². The highest BCUT2D eigenvalue weighted by molar-refractivity contribution is 5.16. The number of aliphatic hydroxyl groups is 1. The molecule has 0 amide bonds. The molecule has 2 atom stereocenters. The van der Waals surface area contributed by atoms with Crippen molar-refractivity contribution < 1.29 is 9.50 Å². The summed E-state index contributed by atoms with van der Waals surface area (Å²) in [5, 5.41) is 12.8. The molecule has 88 valence electrons. The molecule has 0 aromatic heterocycles. The van der Waals surface area contributed by atoms with Crippen molar-refractivity contribution in [2.24, 2.45) is 0 Å². The van der Waals surface area contributed by atoms with Crippen molar-refractivity contribution >= 4 is 0 Å². The zero-order chi connectivity index (χ0) is 11.5. The minimum Gasteiger partial charge on any atom is -0.390 e. The van der Waals surface area contributed by atoms with Crippen LogP contribution >= 0.6 is 0 Å². The van der Waals surface area contributed by atoms with Crippen molar-refractivity contribution in [3.05, 3.63) is 35.6 Å². The van der Waals surface area contributed by atoms with Crippen LogP contribution in [0.5, 0.6) is 0 Å². The van der Waals surface area contributed by atoms with Crippen LogP contribution in [0.4, 0.5) is 4.39 Å². The maximum atomic E-state index is 13.0. The Hall–Kier alpha value is -0.970. The van der Waals surface area contributed by atoms with E-state index in [0.29, 0.717) is 13.1 Å². The van der Waals surface area contributed by atoms with E-state index < -0.39 is 0 Å². The number of hydrogen-bond donors (Lipinski definition) is 2. The van der Waals surface area contributed by atoms with Crippen LogP contribution in [-0.4, -0.2) is 42.3 Å². The van der Waals surface area contributed by atoms with E-state index in [2.05, 4.69) is 10.2 Å². The molecule has 1 aromatic rings. The normalized spacial score (nSPS) is 25.2. The van der Waals surface area contributed by atoms with Gasteiger partial charge in [0.15, 0.2) is 0 Å². The molecule has 2 rings (SSSR count). The molecule has 0 saturated carbocycles. The highest BCUT2D eigenvalue weighted by atomic mass is 19.1. The lowest BCUT2D eigenvalue weighted by Crippen LogP contribution is -2.40.